The molecule has 0 atom stereocenters. The van der Waals surface area contributed by atoms with E-state index in [1.54, 1.807) is 0 Å². The standard InChI is InChI=1S/C14H20BrN3S/c1-10(2)17(3)7-4-8-18-13-9-11(15)5-6-12(13)16-14(18)19/h5-6,9-10H,4,7-8H2,1-3H3,(H,16,19). The predicted molar refractivity (Wildman–Crippen MR) is 87.2 cm³/mol. The average molecular weight is 342 g/mol. The maximum absolute atomic E-state index is 5.41. The molecule has 0 aliphatic rings. The Labute approximate surface area is 127 Å². The van der Waals surface area contributed by atoms with E-state index in [1.165, 1.54) is 5.52 Å². The number of benzene rings is 1. The molecule has 3 nitrogen and oxygen atoms in total. The van der Waals surface area contributed by atoms with E-state index >= 15 is 0 Å². The molecular weight excluding hydrogens is 322 g/mol. The fourth-order valence-corrected chi connectivity index (χ4v) is 2.73. The van der Waals surface area contributed by atoms with E-state index < -0.39 is 0 Å². The minimum absolute atomic E-state index is 0.588. The third-order valence-electron chi connectivity index (χ3n) is 3.51. The van der Waals surface area contributed by atoms with E-state index in [9.17, 15) is 0 Å². The van der Waals surface area contributed by atoms with Crippen LogP contribution in [0.25, 0.3) is 11.0 Å². The molecule has 0 radical (unpaired) electrons. The molecule has 2 aromatic rings. The van der Waals surface area contributed by atoms with Gasteiger partial charge in [0.05, 0.1) is 11.0 Å². The Morgan fingerprint density at radius 1 is 1.42 bits per heavy atom. The van der Waals surface area contributed by atoms with Crippen LogP contribution in [0.4, 0.5) is 0 Å². The quantitative estimate of drug-likeness (QED) is 0.824. The zero-order valence-electron chi connectivity index (χ0n) is 11.6. The van der Waals surface area contributed by atoms with Crippen LogP contribution < -0.4 is 0 Å². The van der Waals surface area contributed by atoms with Crippen LogP contribution in [0.2, 0.25) is 0 Å². The van der Waals surface area contributed by atoms with Gasteiger partial charge in [0.2, 0.25) is 0 Å². The molecule has 0 spiro atoms. The minimum atomic E-state index is 0.588. The second kappa shape index (κ2) is 6.20. The molecular formula is C14H20BrN3S. The molecule has 5 heteroatoms. The number of H-pyrrole nitrogens is 1. The summed E-state index contributed by atoms with van der Waals surface area (Å²) in [7, 11) is 2.16. The molecule has 1 heterocycles. The van der Waals surface area contributed by atoms with Crippen molar-refractivity contribution < 1.29 is 0 Å². The lowest BCUT2D eigenvalue weighted by Gasteiger charge is -2.20. The van der Waals surface area contributed by atoms with Crippen LogP contribution in [0.1, 0.15) is 20.3 Å². The Morgan fingerprint density at radius 3 is 2.84 bits per heavy atom. The van der Waals surface area contributed by atoms with Gasteiger partial charge in [-0.05, 0) is 64.3 Å². The summed E-state index contributed by atoms with van der Waals surface area (Å²) in [5, 5.41) is 0. The van der Waals surface area contributed by atoms with Crippen molar-refractivity contribution in [3.05, 3.63) is 27.4 Å². The number of aromatic amines is 1. The Kier molecular flexibility index (Phi) is 4.81. The van der Waals surface area contributed by atoms with Gasteiger partial charge in [0.1, 0.15) is 0 Å². The smallest absolute Gasteiger partial charge is 0.178 e. The minimum Gasteiger partial charge on any atom is -0.331 e. The summed E-state index contributed by atoms with van der Waals surface area (Å²) in [5.74, 6) is 0. The summed E-state index contributed by atoms with van der Waals surface area (Å²) in [6.07, 6.45) is 1.10. The molecule has 1 aromatic heterocycles. The van der Waals surface area contributed by atoms with Crippen molar-refractivity contribution in [1.29, 1.82) is 0 Å². The van der Waals surface area contributed by atoms with Gasteiger partial charge in [0, 0.05) is 17.1 Å². The number of imidazole rings is 1. The highest BCUT2D eigenvalue weighted by molar-refractivity contribution is 9.10. The van der Waals surface area contributed by atoms with E-state index in [4.69, 9.17) is 12.2 Å². The normalized spacial score (nSPS) is 11.9. The molecule has 19 heavy (non-hydrogen) atoms. The van der Waals surface area contributed by atoms with Crippen molar-refractivity contribution in [3.8, 4) is 0 Å². The molecule has 1 N–H and O–H groups in total. The van der Waals surface area contributed by atoms with Crippen LogP contribution in [0.5, 0.6) is 0 Å². The van der Waals surface area contributed by atoms with Crippen molar-refractivity contribution in [1.82, 2.24) is 14.5 Å². The van der Waals surface area contributed by atoms with Gasteiger partial charge >= 0.3 is 0 Å². The first-order chi connectivity index (χ1) is 8.99. The van der Waals surface area contributed by atoms with E-state index in [0.717, 1.165) is 34.3 Å². The number of nitrogens with one attached hydrogen (secondary N) is 1. The largest absolute Gasteiger partial charge is 0.331 e. The number of rotatable bonds is 5. The summed E-state index contributed by atoms with van der Waals surface area (Å²) in [5.41, 5.74) is 2.27. The van der Waals surface area contributed by atoms with Crippen LogP contribution in [-0.4, -0.2) is 34.1 Å². The van der Waals surface area contributed by atoms with Gasteiger partial charge in [-0.2, -0.15) is 0 Å². The lowest BCUT2D eigenvalue weighted by molar-refractivity contribution is 0.266. The van der Waals surface area contributed by atoms with Crippen molar-refractivity contribution in [2.24, 2.45) is 0 Å². The number of aryl methyl sites for hydroxylation is 1. The van der Waals surface area contributed by atoms with Crippen molar-refractivity contribution in [3.63, 3.8) is 0 Å². The summed E-state index contributed by atoms with van der Waals surface area (Å²) in [6, 6.07) is 6.80. The molecule has 2 rings (SSSR count). The summed E-state index contributed by atoms with van der Waals surface area (Å²) < 4.78 is 4.08. The Balaban J connectivity index is 2.14. The Bertz CT molecular complexity index is 615. The van der Waals surface area contributed by atoms with Crippen molar-refractivity contribution in [2.45, 2.75) is 32.9 Å². The molecule has 0 bridgehead atoms. The van der Waals surface area contributed by atoms with Gasteiger partial charge in [-0.15, -0.1) is 0 Å². The topological polar surface area (TPSA) is 24.0 Å². The number of aromatic nitrogens is 2. The Hall–Kier alpha value is -0.650. The first-order valence-electron chi connectivity index (χ1n) is 6.57. The zero-order chi connectivity index (χ0) is 14.0. The van der Waals surface area contributed by atoms with Crippen LogP contribution in [0.15, 0.2) is 22.7 Å². The number of hydrogen-bond acceptors (Lipinski definition) is 2. The average Bonchev–Trinajstić information content (AvgIpc) is 2.65. The number of halogens is 1. The summed E-state index contributed by atoms with van der Waals surface area (Å²) in [6.45, 7) is 6.47. The van der Waals surface area contributed by atoms with Gasteiger partial charge in [-0.25, -0.2) is 0 Å². The highest BCUT2D eigenvalue weighted by atomic mass is 79.9. The number of nitrogens with zero attached hydrogens (tertiary/aromatic N) is 2. The number of fused-ring (bicyclic) bond motifs is 1. The van der Waals surface area contributed by atoms with Crippen LogP contribution in [0.3, 0.4) is 0 Å². The third kappa shape index (κ3) is 3.46. The number of hydrogen-bond donors (Lipinski definition) is 1. The van der Waals surface area contributed by atoms with Crippen molar-refractivity contribution in [2.75, 3.05) is 13.6 Å². The summed E-state index contributed by atoms with van der Waals surface area (Å²) in [4.78, 5) is 5.61. The third-order valence-corrected chi connectivity index (χ3v) is 4.33. The summed E-state index contributed by atoms with van der Waals surface area (Å²) >= 11 is 8.92. The van der Waals surface area contributed by atoms with Crippen LogP contribution in [0, 0.1) is 4.77 Å². The van der Waals surface area contributed by atoms with E-state index in [0.29, 0.717) is 6.04 Å². The molecule has 0 saturated heterocycles. The highest BCUT2D eigenvalue weighted by Gasteiger charge is 2.06. The van der Waals surface area contributed by atoms with Gasteiger partial charge in [-0.1, -0.05) is 15.9 Å². The SMILES string of the molecule is CC(C)N(C)CCCn1c(=S)[nH]c2ccc(Br)cc21. The molecule has 0 amide bonds. The van der Waals surface area contributed by atoms with Gasteiger partial charge in [-0.3, -0.25) is 0 Å². The maximum Gasteiger partial charge on any atom is 0.178 e. The van der Waals surface area contributed by atoms with E-state index in [2.05, 4.69) is 63.4 Å². The molecule has 0 fully saturated rings. The second-order valence-electron chi connectivity index (χ2n) is 5.17. The van der Waals surface area contributed by atoms with Gasteiger partial charge in [0.25, 0.3) is 0 Å². The molecule has 104 valence electrons. The fraction of sp³-hybridized carbons (Fsp3) is 0.500. The first kappa shape index (κ1) is 14.8. The fourth-order valence-electron chi connectivity index (χ4n) is 2.08. The highest BCUT2D eigenvalue weighted by Crippen LogP contribution is 2.20. The second-order valence-corrected chi connectivity index (χ2v) is 6.47. The maximum atomic E-state index is 5.41. The van der Waals surface area contributed by atoms with Crippen LogP contribution >= 0.6 is 28.1 Å². The van der Waals surface area contributed by atoms with E-state index in [-0.39, 0.29) is 0 Å². The van der Waals surface area contributed by atoms with Crippen LogP contribution in [-0.2, 0) is 6.54 Å². The molecule has 0 aliphatic carbocycles. The first-order valence-corrected chi connectivity index (χ1v) is 7.77. The molecule has 1 aromatic carbocycles. The predicted octanol–water partition coefficient (Wildman–Crippen LogP) is 4.19. The molecule has 0 unspecified atom stereocenters. The molecule has 0 saturated carbocycles. The molecule has 0 aliphatic heterocycles. The lowest BCUT2D eigenvalue weighted by atomic mass is 10.3. The monoisotopic (exact) mass is 341 g/mol. The van der Waals surface area contributed by atoms with Gasteiger partial charge < -0.3 is 14.5 Å². The lowest BCUT2D eigenvalue weighted by Crippen LogP contribution is -2.27. The Morgan fingerprint density at radius 2 is 2.16 bits per heavy atom. The van der Waals surface area contributed by atoms with Crippen molar-refractivity contribution >= 4 is 39.2 Å². The van der Waals surface area contributed by atoms with Gasteiger partial charge in [0.15, 0.2) is 4.77 Å². The zero-order valence-corrected chi connectivity index (χ0v) is 14.0. The van der Waals surface area contributed by atoms with E-state index in [1.807, 2.05) is 6.07 Å².